The molecule has 2 aromatic rings. The van der Waals surface area contributed by atoms with Crippen molar-refractivity contribution in [2.75, 3.05) is 0 Å². The number of thioether (sulfide) groups is 2. The lowest BCUT2D eigenvalue weighted by Gasteiger charge is -2.25. The van der Waals surface area contributed by atoms with Gasteiger partial charge in [0.15, 0.2) is 0 Å². The van der Waals surface area contributed by atoms with Gasteiger partial charge in [-0.1, -0.05) is 69.5 Å². The van der Waals surface area contributed by atoms with Crippen molar-refractivity contribution in [1.29, 1.82) is 0 Å². The molecular weight excluding hydrogens is 304 g/mol. The van der Waals surface area contributed by atoms with E-state index < -0.39 is 0 Å². The third-order valence-corrected chi connectivity index (χ3v) is 6.73. The molecule has 0 aromatic heterocycles. The zero-order chi connectivity index (χ0) is 15.6. The molecule has 0 fully saturated rings. The van der Waals surface area contributed by atoms with E-state index in [2.05, 4.69) is 74.5 Å². The lowest BCUT2D eigenvalue weighted by Crippen LogP contribution is -2.13. The largest absolute Gasteiger partial charge is 0.111 e. The molecule has 0 saturated heterocycles. The van der Waals surface area contributed by atoms with Crippen LogP contribution in [0.15, 0.2) is 70.5 Å². The van der Waals surface area contributed by atoms with E-state index in [9.17, 15) is 0 Å². The summed E-state index contributed by atoms with van der Waals surface area (Å²) in [5.41, 5.74) is 0. The van der Waals surface area contributed by atoms with Crippen molar-refractivity contribution >= 4 is 23.5 Å². The van der Waals surface area contributed by atoms with E-state index in [1.165, 1.54) is 35.5 Å². The minimum Gasteiger partial charge on any atom is -0.111 e. The van der Waals surface area contributed by atoms with Gasteiger partial charge < -0.3 is 0 Å². The predicted octanol–water partition coefficient (Wildman–Crippen LogP) is 7.11. The zero-order valence-electron chi connectivity index (χ0n) is 13.6. The van der Waals surface area contributed by atoms with Gasteiger partial charge in [-0.15, -0.1) is 23.5 Å². The highest BCUT2D eigenvalue weighted by Gasteiger charge is 2.22. The predicted molar refractivity (Wildman–Crippen MR) is 102 cm³/mol. The highest BCUT2D eigenvalue weighted by molar-refractivity contribution is 8.17. The van der Waals surface area contributed by atoms with Gasteiger partial charge in [0.2, 0.25) is 0 Å². The van der Waals surface area contributed by atoms with Crippen molar-refractivity contribution in [2.45, 2.75) is 53.9 Å². The van der Waals surface area contributed by atoms with Crippen LogP contribution in [0.2, 0.25) is 0 Å². The highest BCUT2D eigenvalue weighted by atomic mass is 32.2. The first-order valence-corrected chi connectivity index (χ1v) is 10.0. The summed E-state index contributed by atoms with van der Waals surface area (Å²) in [7, 11) is 0. The standard InChI is InChI=1S/C20H26S2/c1-3-5-12-17(4-2)20(21-18-13-8-6-9-14-18)22-19-15-10-7-11-16-19/h6-11,13-17,20H,3-5,12H2,1-2H3. The smallest absolute Gasteiger partial charge is 0.0624 e. The second-order valence-electron chi connectivity index (χ2n) is 5.54. The molecule has 0 aliphatic carbocycles. The molecule has 0 spiro atoms. The van der Waals surface area contributed by atoms with Crippen molar-refractivity contribution in [2.24, 2.45) is 5.92 Å². The van der Waals surface area contributed by atoms with Crippen LogP contribution in [0.1, 0.15) is 39.5 Å². The Labute approximate surface area is 144 Å². The van der Waals surface area contributed by atoms with Gasteiger partial charge in [-0.05, 0) is 36.6 Å². The van der Waals surface area contributed by atoms with Crippen LogP contribution in [0.4, 0.5) is 0 Å². The van der Waals surface area contributed by atoms with E-state index in [4.69, 9.17) is 0 Å². The maximum Gasteiger partial charge on any atom is 0.0624 e. The molecule has 0 bridgehead atoms. The molecule has 0 radical (unpaired) electrons. The Morgan fingerprint density at radius 1 is 0.773 bits per heavy atom. The second kappa shape index (κ2) is 10.0. The molecule has 0 heterocycles. The maximum absolute atomic E-state index is 2.34. The van der Waals surface area contributed by atoms with E-state index in [0.29, 0.717) is 4.58 Å². The Bertz CT molecular complexity index is 468. The lowest BCUT2D eigenvalue weighted by molar-refractivity contribution is 0.485. The average Bonchev–Trinajstić information content (AvgIpc) is 2.57. The Kier molecular flexibility index (Phi) is 7.96. The van der Waals surface area contributed by atoms with Crippen LogP contribution < -0.4 is 0 Å². The summed E-state index contributed by atoms with van der Waals surface area (Å²) in [6.45, 7) is 4.63. The SMILES string of the molecule is CCCCC(CC)C(Sc1ccccc1)Sc1ccccc1. The fourth-order valence-corrected chi connectivity index (χ4v) is 5.55. The number of unbranched alkanes of at least 4 members (excludes halogenated alkanes) is 1. The first-order valence-electron chi connectivity index (χ1n) is 8.27. The first-order chi connectivity index (χ1) is 10.8. The molecule has 0 saturated carbocycles. The van der Waals surface area contributed by atoms with Gasteiger partial charge in [0.25, 0.3) is 0 Å². The van der Waals surface area contributed by atoms with Crippen LogP contribution in [0.5, 0.6) is 0 Å². The molecule has 2 aromatic carbocycles. The molecule has 22 heavy (non-hydrogen) atoms. The van der Waals surface area contributed by atoms with Crippen LogP contribution in [0, 0.1) is 5.92 Å². The van der Waals surface area contributed by atoms with E-state index >= 15 is 0 Å². The summed E-state index contributed by atoms with van der Waals surface area (Å²) < 4.78 is 0.585. The quantitative estimate of drug-likeness (QED) is 0.355. The van der Waals surface area contributed by atoms with Gasteiger partial charge in [-0.3, -0.25) is 0 Å². The van der Waals surface area contributed by atoms with Gasteiger partial charge in [0.05, 0.1) is 4.58 Å². The molecule has 0 aliphatic rings. The van der Waals surface area contributed by atoms with Gasteiger partial charge >= 0.3 is 0 Å². The first kappa shape index (κ1) is 17.5. The van der Waals surface area contributed by atoms with Crippen molar-refractivity contribution in [3.8, 4) is 0 Å². The topological polar surface area (TPSA) is 0 Å². The van der Waals surface area contributed by atoms with Crippen molar-refractivity contribution in [1.82, 2.24) is 0 Å². The van der Waals surface area contributed by atoms with Crippen LogP contribution in [-0.2, 0) is 0 Å². The Balaban J connectivity index is 2.11. The summed E-state index contributed by atoms with van der Waals surface area (Å²) in [5, 5.41) is 0. The van der Waals surface area contributed by atoms with Gasteiger partial charge in [0, 0.05) is 9.79 Å². The lowest BCUT2D eigenvalue weighted by atomic mass is 10.0. The molecule has 0 amide bonds. The number of rotatable bonds is 9. The molecule has 118 valence electrons. The molecule has 2 heteroatoms. The zero-order valence-corrected chi connectivity index (χ0v) is 15.2. The minimum atomic E-state index is 0.585. The molecular formula is C20H26S2. The fourth-order valence-electron chi connectivity index (χ4n) is 2.48. The summed E-state index contributed by atoms with van der Waals surface area (Å²) in [5.74, 6) is 0.760. The molecule has 1 unspecified atom stereocenters. The number of hydrogen-bond acceptors (Lipinski definition) is 2. The number of hydrogen-bond donors (Lipinski definition) is 0. The van der Waals surface area contributed by atoms with E-state index in [0.717, 1.165) is 5.92 Å². The van der Waals surface area contributed by atoms with Gasteiger partial charge in [-0.25, -0.2) is 0 Å². The number of benzene rings is 2. The van der Waals surface area contributed by atoms with Crippen LogP contribution >= 0.6 is 23.5 Å². The normalized spacial score (nSPS) is 12.5. The molecule has 1 atom stereocenters. The van der Waals surface area contributed by atoms with Crippen LogP contribution in [0.25, 0.3) is 0 Å². The van der Waals surface area contributed by atoms with Gasteiger partial charge in [0.1, 0.15) is 0 Å². The second-order valence-corrected chi connectivity index (χ2v) is 8.27. The monoisotopic (exact) mass is 330 g/mol. The molecule has 0 aliphatic heterocycles. The maximum atomic E-state index is 2.34. The summed E-state index contributed by atoms with van der Waals surface area (Å²) in [6, 6.07) is 21.7. The van der Waals surface area contributed by atoms with E-state index in [1.807, 2.05) is 23.5 Å². The molecule has 0 nitrogen and oxygen atoms in total. The molecule has 0 N–H and O–H groups in total. The Morgan fingerprint density at radius 2 is 1.27 bits per heavy atom. The fraction of sp³-hybridized carbons (Fsp3) is 0.400. The average molecular weight is 331 g/mol. The highest BCUT2D eigenvalue weighted by Crippen LogP contribution is 2.42. The third-order valence-electron chi connectivity index (χ3n) is 3.83. The summed E-state index contributed by atoms with van der Waals surface area (Å²) >= 11 is 4.06. The summed E-state index contributed by atoms with van der Waals surface area (Å²) in [6.07, 6.45) is 5.20. The van der Waals surface area contributed by atoms with E-state index in [-0.39, 0.29) is 0 Å². The van der Waals surface area contributed by atoms with Crippen LogP contribution in [0.3, 0.4) is 0 Å². The van der Waals surface area contributed by atoms with Crippen molar-refractivity contribution in [3.63, 3.8) is 0 Å². The molecule has 2 rings (SSSR count). The van der Waals surface area contributed by atoms with Crippen LogP contribution in [-0.4, -0.2) is 4.58 Å². The summed E-state index contributed by atoms with van der Waals surface area (Å²) in [4.78, 5) is 2.76. The van der Waals surface area contributed by atoms with E-state index in [1.54, 1.807) is 0 Å². The van der Waals surface area contributed by atoms with Crippen molar-refractivity contribution < 1.29 is 0 Å². The Morgan fingerprint density at radius 3 is 1.68 bits per heavy atom. The van der Waals surface area contributed by atoms with Gasteiger partial charge in [-0.2, -0.15) is 0 Å². The third kappa shape index (κ3) is 5.73. The minimum absolute atomic E-state index is 0.585. The Hall–Kier alpha value is -0.860. The van der Waals surface area contributed by atoms with Crippen molar-refractivity contribution in [3.05, 3.63) is 60.7 Å².